The van der Waals surface area contributed by atoms with Crippen LogP contribution < -0.4 is 18.9 Å². The first-order valence-corrected chi connectivity index (χ1v) is 15.0. The Balaban J connectivity index is 1.36. The molecule has 10 heteroatoms. The number of carbonyl (C=O) groups is 4. The maximum atomic E-state index is 13.1. The third-order valence-electron chi connectivity index (χ3n) is 6.57. The Morgan fingerprint density at radius 1 is 0.542 bits per heavy atom. The van der Waals surface area contributed by atoms with Gasteiger partial charge < -0.3 is 28.4 Å². The summed E-state index contributed by atoms with van der Waals surface area (Å²) in [5.41, 5.74) is 1.92. The summed E-state index contributed by atoms with van der Waals surface area (Å²) in [5, 5.41) is 0. The number of hydrogen-bond acceptors (Lipinski definition) is 10. The van der Waals surface area contributed by atoms with Crippen LogP contribution in [0.25, 0.3) is 11.1 Å². The normalized spacial score (nSPS) is 10.2. The molecule has 0 amide bonds. The average Bonchev–Trinajstić information content (AvgIpc) is 3.12. The molecule has 0 N–H and O–H groups in total. The first kappa shape index (κ1) is 34.7. The fourth-order valence-electron chi connectivity index (χ4n) is 4.17. The lowest BCUT2D eigenvalue weighted by Gasteiger charge is -2.13. The summed E-state index contributed by atoms with van der Waals surface area (Å²) in [6, 6.07) is 26.9. The van der Waals surface area contributed by atoms with Crippen molar-refractivity contribution in [3.63, 3.8) is 0 Å². The van der Waals surface area contributed by atoms with Crippen LogP contribution in [0.1, 0.15) is 33.6 Å². The second kappa shape index (κ2) is 18.1. The van der Waals surface area contributed by atoms with E-state index in [1.165, 1.54) is 0 Å². The van der Waals surface area contributed by atoms with Gasteiger partial charge in [-0.25, -0.2) is 19.2 Å². The number of rotatable bonds is 17. The highest BCUT2D eigenvalue weighted by Crippen LogP contribution is 2.34. The van der Waals surface area contributed by atoms with Crippen LogP contribution in [-0.2, 0) is 19.1 Å². The Kier molecular flexibility index (Phi) is 13.1. The molecule has 4 aromatic carbocycles. The van der Waals surface area contributed by atoms with Crippen LogP contribution in [0.5, 0.6) is 23.0 Å². The van der Waals surface area contributed by atoms with Crippen molar-refractivity contribution in [3.8, 4) is 34.1 Å². The minimum Gasteiger partial charge on any atom is -0.493 e. The second-order valence-corrected chi connectivity index (χ2v) is 10.00. The minimum atomic E-state index is -0.583. The predicted octanol–water partition coefficient (Wildman–Crippen LogP) is 6.79. The maximum Gasteiger partial charge on any atom is 0.343 e. The first-order valence-electron chi connectivity index (χ1n) is 15.0. The van der Waals surface area contributed by atoms with Crippen molar-refractivity contribution in [3.05, 3.63) is 133 Å². The molecule has 0 bridgehead atoms. The molecular weight excluding hydrogens is 616 g/mol. The van der Waals surface area contributed by atoms with Gasteiger partial charge in [0, 0.05) is 30.6 Å². The van der Waals surface area contributed by atoms with Gasteiger partial charge in [-0.1, -0.05) is 43.5 Å². The lowest BCUT2D eigenvalue weighted by atomic mass is 10.0. The Bertz CT molecular complexity index is 1710. The highest BCUT2D eigenvalue weighted by atomic mass is 16.5. The summed E-state index contributed by atoms with van der Waals surface area (Å²) in [6.07, 6.45) is 3.20. The Morgan fingerprint density at radius 2 is 1.02 bits per heavy atom. The molecule has 0 aliphatic heterocycles. The van der Waals surface area contributed by atoms with E-state index in [9.17, 15) is 19.2 Å². The third-order valence-corrected chi connectivity index (χ3v) is 6.57. The van der Waals surface area contributed by atoms with E-state index in [1.807, 2.05) is 30.3 Å². The zero-order chi connectivity index (χ0) is 34.1. The molecule has 0 unspecified atom stereocenters. The molecule has 0 saturated heterocycles. The highest BCUT2D eigenvalue weighted by Gasteiger charge is 2.16. The zero-order valence-corrected chi connectivity index (χ0v) is 26.1. The van der Waals surface area contributed by atoms with E-state index >= 15 is 0 Å². The fourth-order valence-corrected chi connectivity index (χ4v) is 4.17. The predicted molar refractivity (Wildman–Crippen MR) is 177 cm³/mol. The number of benzene rings is 4. The third kappa shape index (κ3) is 10.7. The standard InChI is InChI=1S/C38H34O10/c1-3-35(39)45-24-8-22-43-30-16-12-28(13-17-30)37(41)47-32-20-21-34(33(26-32)27-10-6-5-7-11-27)48-38(42)29-14-18-31(19-15-29)44-23-9-25-46-36(40)4-2/h3-7,10-21,26H,1-2,8-9,22-25H2. The van der Waals surface area contributed by atoms with Crippen LogP contribution >= 0.6 is 0 Å². The maximum absolute atomic E-state index is 13.1. The van der Waals surface area contributed by atoms with Crippen molar-refractivity contribution in [2.24, 2.45) is 0 Å². The summed E-state index contributed by atoms with van der Waals surface area (Å²) >= 11 is 0. The van der Waals surface area contributed by atoms with Gasteiger partial charge in [0.15, 0.2) is 0 Å². The quantitative estimate of drug-likeness (QED) is 0.0522. The molecule has 0 spiro atoms. The molecule has 0 aliphatic carbocycles. The van der Waals surface area contributed by atoms with Gasteiger partial charge in [-0.05, 0) is 72.3 Å². The monoisotopic (exact) mass is 650 g/mol. The van der Waals surface area contributed by atoms with Gasteiger partial charge in [-0.15, -0.1) is 0 Å². The van der Waals surface area contributed by atoms with Gasteiger partial charge in [-0.3, -0.25) is 0 Å². The van der Waals surface area contributed by atoms with Gasteiger partial charge in [0.2, 0.25) is 0 Å². The fraction of sp³-hybridized carbons (Fsp3) is 0.158. The van der Waals surface area contributed by atoms with Crippen LogP contribution in [-0.4, -0.2) is 50.3 Å². The van der Waals surface area contributed by atoms with E-state index in [4.69, 9.17) is 28.4 Å². The molecule has 4 aromatic rings. The van der Waals surface area contributed by atoms with E-state index in [-0.39, 0.29) is 24.7 Å². The van der Waals surface area contributed by atoms with Crippen molar-refractivity contribution < 1.29 is 47.6 Å². The molecule has 0 aliphatic rings. The summed E-state index contributed by atoms with van der Waals surface area (Å²) in [5.74, 6) is -0.513. The van der Waals surface area contributed by atoms with Crippen molar-refractivity contribution in [2.45, 2.75) is 12.8 Å². The molecule has 0 saturated carbocycles. The van der Waals surface area contributed by atoms with Crippen LogP contribution in [0, 0.1) is 0 Å². The van der Waals surface area contributed by atoms with Crippen LogP contribution in [0.4, 0.5) is 0 Å². The van der Waals surface area contributed by atoms with Gasteiger partial charge in [0.1, 0.15) is 23.0 Å². The van der Waals surface area contributed by atoms with Crippen LogP contribution in [0.15, 0.2) is 122 Å². The largest absolute Gasteiger partial charge is 0.493 e. The van der Waals surface area contributed by atoms with Gasteiger partial charge in [-0.2, -0.15) is 0 Å². The molecule has 0 heterocycles. The number of carbonyl (C=O) groups excluding carboxylic acids is 4. The van der Waals surface area contributed by atoms with E-state index in [2.05, 4.69) is 13.2 Å². The zero-order valence-electron chi connectivity index (χ0n) is 26.1. The summed E-state index contributed by atoms with van der Waals surface area (Å²) < 4.78 is 32.5. The minimum absolute atomic E-state index is 0.208. The van der Waals surface area contributed by atoms with E-state index < -0.39 is 23.9 Å². The summed E-state index contributed by atoms with van der Waals surface area (Å²) in [7, 11) is 0. The Hall–Kier alpha value is -6.16. The lowest BCUT2D eigenvalue weighted by Crippen LogP contribution is -2.11. The summed E-state index contributed by atoms with van der Waals surface area (Å²) in [4.78, 5) is 48.2. The van der Waals surface area contributed by atoms with Crippen molar-refractivity contribution in [2.75, 3.05) is 26.4 Å². The van der Waals surface area contributed by atoms with Gasteiger partial charge in [0.05, 0.1) is 37.6 Å². The summed E-state index contributed by atoms with van der Waals surface area (Å²) in [6.45, 7) is 7.75. The van der Waals surface area contributed by atoms with Crippen molar-refractivity contribution >= 4 is 23.9 Å². The van der Waals surface area contributed by atoms with E-state index in [0.717, 1.165) is 17.7 Å². The van der Waals surface area contributed by atoms with E-state index in [0.29, 0.717) is 54.2 Å². The molecule has 0 atom stereocenters. The number of ether oxygens (including phenoxy) is 6. The second-order valence-electron chi connectivity index (χ2n) is 10.00. The van der Waals surface area contributed by atoms with Crippen molar-refractivity contribution in [1.29, 1.82) is 0 Å². The SMILES string of the molecule is C=CC(=O)OCCCOc1ccc(C(=O)Oc2ccc(OC(=O)c3ccc(OCCCOC(=O)C=C)cc3)c(-c3ccccc3)c2)cc1. The Labute approximate surface area is 278 Å². The van der Waals surface area contributed by atoms with Crippen LogP contribution in [0.2, 0.25) is 0 Å². The molecule has 246 valence electrons. The smallest absolute Gasteiger partial charge is 0.343 e. The average molecular weight is 651 g/mol. The number of esters is 4. The Morgan fingerprint density at radius 3 is 1.52 bits per heavy atom. The van der Waals surface area contributed by atoms with E-state index in [1.54, 1.807) is 66.7 Å². The van der Waals surface area contributed by atoms with Crippen molar-refractivity contribution in [1.82, 2.24) is 0 Å². The first-order chi connectivity index (χ1) is 23.4. The molecule has 4 rings (SSSR count). The molecule has 0 radical (unpaired) electrons. The molecule has 0 aromatic heterocycles. The molecular formula is C38H34O10. The topological polar surface area (TPSA) is 124 Å². The molecule has 10 nitrogen and oxygen atoms in total. The molecule has 48 heavy (non-hydrogen) atoms. The molecule has 0 fully saturated rings. The lowest BCUT2D eigenvalue weighted by molar-refractivity contribution is -0.138. The van der Waals surface area contributed by atoms with Gasteiger partial charge in [0.25, 0.3) is 0 Å². The highest BCUT2D eigenvalue weighted by molar-refractivity contribution is 5.93. The number of hydrogen-bond donors (Lipinski definition) is 0. The van der Waals surface area contributed by atoms with Crippen LogP contribution in [0.3, 0.4) is 0 Å². The van der Waals surface area contributed by atoms with Gasteiger partial charge >= 0.3 is 23.9 Å².